The van der Waals surface area contributed by atoms with Gasteiger partial charge in [0.1, 0.15) is 0 Å². The fraction of sp³-hybridized carbons (Fsp3) is 0. The molecule has 0 aromatic heterocycles. The van der Waals surface area contributed by atoms with Crippen molar-refractivity contribution in [2.75, 3.05) is 10.0 Å². The average Bonchev–Trinajstić information content (AvgIpc) is 2.75. The molecule has 0 saturated heterocycles. The lowest BCUT2D eigenvalue weighted by atomic mass is 10.0. The van der Waals surface area contributed by atoms with Crippen LogP contribution in [0.4, 0.5) is 11.4 Å². The summed E-state index contributed by atoms with van der Waals surface area (Å²) in [5.74, 6) is -0.436. The molecule has 0 aliphatic rings. The highest BCUT2D eigenvalue weighted by molar-refractivity contribution is 7.92. The number of hydrogen-bond donors (Lipinski definition) is 2. The van der Waals surface area contributed by atoms with Crippen molar-refractivity contribution in [3.05, 3.63) is 102 Å². The van der Waals surface area contributed by atoms with Crippen LogP contribution in [0.2, 0.25) is 5.02 Å². The standard InChI is InChI=1S/C23H17ClN2O3S/c24-18-10-12-19(13-11-18)25-23(27)21-14-16-6-4-5-7-17(16)15-22(21)26-30(28,29)20-8-2-1-3-9-20/h1-15,26H,(H,25,27). The van der Waals surface area contributed by atoms with Gasteiger partial charge in [0.2, 0.25) is 0 Å². The molecule has 0 spiro atoms. The van der Waals surface area contributed by atoms with Gasteiger partial charge in [0.25, 0.3) is 15.9 Å². The number of amides is 1. The molecule has 1 amide bonds. The van der Waals surface area contributed by atoms with Gasteiger partial charge < -0.3 is 5.32 Å². The van der Waals surface area contributed by atoms with Gasteiger partial charge in [0.05, 0.1) is 16.1 Å². The Morgan fingerprint density at radius 3 is 2.03 bits per heavy atom. The minimum Gasteiger partial charge on any atom is -0.322 e. The predicted octanol–water partition coefficient (Wildman–Crippen LogP) is 5.55. The van der Waals surface area contributed by atoms with Crippen LogP contribution in [0.5, 0.6) is 0 Å². The molecule has 0 radical (unpaired) electrons. The van der Waals surface area contributed by atoms with Gasteiger partial charge in [-0.25, -0.2) is 8.42 Å². The van der Waals surface area contributed by atoms with Crippen molar-refractivity contribution in [2.45, 2.75) is 4.90 Å². The zero-order chi connectivity index (χ0) is 21.1. The molecule has 5 nitrogen and oxygen atoms in total. The van der Waals surface area contributed by atoms with Crippen molar-refractivity contribution in [3.63, 3.8) is 0 Å². The van der Waals surface area contributed by atoms with E-state index < -0.39 is 15.9 Å². The SMILES string of the molecule is O=C(Nc1ccc(Cl)cc1)c1cc2ccccc2cc1NS(=O)(=O)c1ccccc1. The van der Waals surface area contributed by atoms with Crippen LogP contribution in [0.15, 0.2) is 95.9 Å². The second-order valence-corrected chi connectivity index (χ2v) is 8.74. The highest BCUT2D eigenvalue weighted by Gasteiger charge is 2.20. The van der Waals surface area contributed by atoms with Crippen molar-refractivity contribution in [1.29, 1.82) is 0 Å². The van der Waals surface area contributed by atoms with E-state index in [2.05, 4.69) is 10.0 Å². The predicted molar refractivity (Wildman–Crippen MR) is 121 cm³/mol. The quantitative estimate of drug-likeness (QED) is 0.431. The summed E-state index contributed by atoms with van der Waals surface area (Å²) in [4.78, 5) is 13.1. The zero-order valence-electron chi connectivity index (χ0n) is 15.7. The second kappa shape index (κ2) is 8.18. The molecular formula is C23H17ClN2O3S. The normalized spacial score (nSPS) is 11.2. The smallest absolute Gasteiger partial charge is 0.261 e. The first kappa shape index (κ1) is 19.9. The second-order valence-electron chi connectivity index (χ2n) is 6.62. The summed E-state index contributed by atoms with van der Waals surface area (Å²) >= 11 is 5.90. The number of carbonyl (C=O) groups excluding carboxylic acids is 1. The van der Waals surface area contributed by atoms with E-state index in [-0.39, 0.29) is 16.1 Å². The maximum absolute atomic E-state index is 13.0. The van der Waals surface area contributed by atoms with Gasteiger partial charge >= 0.3 is 0 Å². The molecule has 2 N–H and O–H groups in total. The third kappa shape index (κ3) is 4.30. The van der Waals surface area contributed by atoms with Crippen LogP contribution < -0.4 is 10.0 Å². The Bertz CT molecular complexity index is 1320. The number of sulfonamides is 1. The summed E-state index contributed by atoms with van der Waals surface area (Å²) in [6.45, 7) is 0. The largest absolute Gasteiger partial charge is 0.322 e. The molecule has 0 fully saturated rings. The number of anilines is 2. The minimum absolute atomic E-state index is 0.113. The van der Waals surface area contributed by atoms with E-state index in [0.29, 0.717) is 10.7 Å². The van der Waals surface area contributed by atoms with Crippen LogP contribution in [0.25, 0.3) is 10.8 Å². The van der Waals surface area contributed by atoms with Crippen molar-refractivity contribution >= 4 is 49.7 Å². The summed E-state index contributed by atoms with van der Waals surface area (Å²) in [6.07, 6.45) is 0. The van der Waals surface area contributed by atoms with Gasteiger partial charge in [0.15, 0.2) is 0 Å². The van der Waals surface area contributed by atoms with Crippen LogP contribution in [-0.2, 0) is 10.0 Å². The number of rotatable bonds is 5. The molecule has 30 heavy (non-hydrogen) atoms. The number of halogens is 1. The Kier molecular flexibility index (Phi) is 5.44. The molecule has 7 heteroatoms. The molecule has 4 aromatic carbocycles. The van der Waals surface area contributed by atoms with Gasteiger partial charge in [0, 0.05) is 10.7 Å². The first-order chi connectivity index (χ1) is 14.4. The molecular weight excluding hydrogens is 420 g/mol. The third-order valence-corrected chi connectivity index (χ3v) is 6.16. The van der Waals surface area contributed by atoms with Crippen molar-refractivity contribution in [3.8, 4) is 0 Å². The molecule has 150 valence electrons. The summed E-state index contributed by atoms with van der Waals surface area (Å²) in [5, 5.41) is 4.97. The van der Waals surface area contributed by atoms with Crippen molar-refractivity contribution in [1.82, 2.24) is 0 Å². The molecule has 4 aromatic rings. The van der Waals surface area contributed by atoms with E-state index in [9.17, 15) is 13.2 Å². The summed E-state index contributed by atoms with van der Waals surface area (Å²) in [7, 11) is -3.86. The van der Waals surface area contributed by atoms with Crippen LogP contribution in [0.3, 0.4) is 0 Å². The number of benzene rings is 4. The zero-order valence-corrected chi connectivity index (χ0v) is 17.2. The molecule has 0 bridgehead atoms. The maximum Gasteiger partial charge on any atom is 0.261 e. The van der Waals surface area contributed by atoms with Crippen molar-refractivity contribution < 1.29 is 13.2 Å². The Labute approximate surface area is 179 Å². The van der Waals surface area contributed by atoms with E-state index in [1.54, 1.807) is 54.6 Å². The third-order valence-electron chi connectivity index (χ3n) is 4.53. The van der Waals surface area contributed by atoms with Crippen LogP contribution in [-0.4, -0.2) is 14.3 Å². The Balaban J connectivity index is 1.76. The fourth-order valence-electron chi connectivity index (χ4n) is 3.05. The first-order valence-corrected chi connectivity index (χ1v) is 11.0. The molecule has 0 atom stereocenters. The Morgan fingerprint density at radius 2 is 1.37 bits per heavy atom. The maximum atomic E-state index is 13.0. The van der Waals surface area contributed by atoms with E-state index in [1.807, 2.05) is 24.3 Å². The highest BCUT2D eigenvalue weighted by atomic mass is 35.5. The number of carbonyl (C=O) groups is 1. The van der Waals surface area contributed by atoms with Gasteiger partial charge in [-0.15, -0.1) is 0 Å². The Morgan fingerprint density at radius 1 is 0.767 bits per heavy atom. The Hall–Kier alpha value is -3.35. The van der Waals surface area contributed by atoms with E-state index in [1.165, 1.54) is 12.1 Å². The monoisotopic (exact) mass is 436 g/mol. The topological polar surface area (TPSA) is 75.3 Å². The van der Waals surface area contributed by atoms with E-state index in [0.717, 1.165) is 10.8 Å². The molecule has 0 unspecified atom stereocenters. The molecule has 0 aliphatic heterocycles. The van der Waals surface area contributed by atoms with Gasteiger partial charge in [-0.05, 0) is 59.3 Å². The lowest BCUT2D eigenvalue weighted by Crippen LogP contribution is -2.18. The molecule has 0 aliphatic carbocycles. The molecule has 4 rings (SSSR count). The average molecular weight is 437 g/mol. The van der Waals surface area contributed by atoms with Crippen LogP contribution in [0.1, 0.15) is 10.4 Å². The highest BCUT2D eigenvalue weighted by Crippen LogP contribution is 2.27. The lowest BCUT2D eigenvalue weighted by Gasteiger charge is -2.14. The fourth-order valence-corrected chi connectivity index (χ4v) is 4.27. The minimum atomic E-state index is -3.86. The van der Waals surface area contributed by atoms with Gasteiger partial charge in [-0.3, -0.25) is 9.52 Å². The van der Waals surface area contributed by atoms with Crippen LogP contribution >= 0.6 is 11.6 Å². The first-order valence-electron chi connectivity index (χ1n) is 9.10. The molecule has 0 saturated carbocycles. The molecule has 0 heterocycles. The lowest BCUT2D eigenvalue weighted by molar-refractivity contribution is 0.102. The number of hydrogen-bond acceptors (Lipinski definition) is 3. The number of nitrogens with one attached hydrogen (secondary N) is 2. The van der Waals surface area contributed by atoms with Crippen LogP contribution in [0, 0.1) is 0 Å². The van der Waals surface area contributed by atoms with Gasteiger partial charge in [-0.1, -0.05) is 54.1 Å². The van der Waals surface area contributed by atoms with Crippen molar-refractivity contribution in [2.24, 2.45) is 0 Å². The summed E-state index contributed by atoms with van der Waals surface area (Å²) in [5.41, 5.74) is 0.960. The number of fused-ring (bicyclic) bond motifs is 1. The van der Waals surface area contributed by atoms with E-state index in [4.69, 9.17) is 11.6 Å². The summed E-state index contributed by atoms with van der Waals surface area (Å²) < 4.78 is 28.3. The van der Waals surface area contributed by atoms with E-state index >= 15 is 0 Å². The van der Waals surface area contributed by atoms with Gasteiger partial charge in [-0.2, -0.15) is 0 Å². The summed E-state index contributed by atoms with van der Waals surface area (Å²) in [6, 6.07) is 25.5.